The molecule has 0 spiro atoms. The molecular weight excluding hydrogens is 196 g/mol. The van der Waals surface area contributed by atoms with Crippen LogP contribution in [0.1, 0.15) is 60.8 Å². The van der Waals surface area contributed by atoms with E-state index in [9.17, 15) is 0 Å². The third-order valence-electron chi connectivity index (χ3n) is 3.71. The Balaban J connectivity index is 2.33. The molecule has 0 aromatic rings. The Morgan fingerprint density at radius 1 is 1.31 bits per heavy atom. The van der Waals surface area contributed by atoms with E-state index < -0.39 is 0 Å². The van der Waals surface area contributed by atoms with E-state index in [0.717, 1.165) is 6.54 Å². The highest BCUT2D eigenvalue weighted by Crippen LogP contribution is 2.30. The molecule has 1 rings (SSSR count). The van der Waals surface area contributed by atoms with Crippen molar-refractivity contribution in [2.45, 2.75) is 77.9 Å². The normalized spacial score (nSPS) is 23.6. The third kappa shape index (κ3) is 4.06. The Hall–Kier alpha value is -0.0800. The van der Waals surface area contributed by atoms with E-state index in [1.54, 1.807) is 0 Å². The lowest BCUT2D eigenvalue weighted by Gasteiger charge is -2.37. The van der Waals surface area contributed by atoms with Crippen LogP contribution >= 0.6 is 0 Å². The first kappa shape index (κ1) is 14.0. The van der Waals surface area contributed by atoms with Gasteiger partial charge in [0.25, 0.3) is 0 Å². The van der Waals surface area contributed by atoms with Gasteiger partial charge in [-0.3, -0.25) is 4.90 Å². The predicted molar refractivity (Wildman–Crippen MR) is 71.9 cm³/mol. The molecule has 1 aliphatic heterocycles. The Labute approximate surface area is 102 Å². The van der Waals surface area contributed by atoms with E-state index >= 15 is 0 Å². The van der Waals surface area contributed by atoms with Gasteiger partial charge in [0.2, 0.25) is 0 Å². The van der Waals surface area contributed by atoms with E-state index in [0.29, 0.717) is 11.6 Å². The highest BCUT2D eigenvalue weighted by Gasteiger charge is 2.34. The standard InChI is InChI=1S/C14H30N2/c1-12(8-10-15-13(2,3)4)16-11-7-9-14(16,5)6/h12,15H,7-11H2,1-6H3. The first-order chi connectivity index (χ1) is 7.22. The average Bonchev–Trinajstić information content (AvgIpc) is 2.42. The minimum atomic E-state index is 0.250. The lowest BCUT2D eigenvalue weighted by atomic mass is 10.00. The SMILES string of the molecule is CC(CCNC(C)(C)C)N1CCCC1(C)C. The Kier molecular flexibility index (Phi) is 4.42. The molecule has 96 valence electrons. The molecule has 0 aromatic carbocycles. The highest BCUT2D eigenvalue weighted by molar-refractivity contribution is 4.91. The zero-order valence-electron chi connectivity index (χ0n) is 12.1. The van der Waals surface area contributed by atoms with Crippen molar-refractivity contribution in [3.8, 4) is 0 Å². The lowest BCUT2D eigenvalue weighted by Crippen LogP contribution is -2.46. The van der Waals surface area contributed by atoms with E-state index in [-0.39, 0.29) is 5.54 Å². The molecule has 1 fully saturated rings. The van der Waals surface area contributed by atoms with E-state index in [4.69, 9.17) is 0 Å². The number of likely N-dealkylation sites (tertiary alicyclic amines) is 1. The molecule has 0 bridgehead atoms. The smallest absolute Gasteiger partial charge is 0.0156 e. The van der Waals surface area contributed by atoms with Crippen LogP contribution in [0.5, 0.6) is 0 Å². The van der Waals surface area contributed by atoms with Crippen LogP contribution in [-0.2, 0) is 0 Å². The molecule has 16 heavy (non-hydrogen) atoms. The van der Waals surface area contributed by atoms with Crippen LogP contribution in [0.25, 0.3) is 0 Å². The van der Waals surface area contributed by atoms with Crippen molar-refractivity contribution < 1.29 is 0 Å². The van der Waals surface area contributed by atoms with E-state index in [1.165, 1.54) is 25.8 Å². The van der Waals surface area contributed by atoms with Gasteiger partial charge >= 0.3 is 0 Å². The second kappa shape index (κ2) is 5.05. The number of nitrogens with zero attached hydrogens (tertiary/aromatic N) is 1. The summed E-state index contributed by atoms with van der Waals surface area (Å²) in [4.78, 5) is 2.68. The molecule has 0 amide bonds. The fourth-order valence-electron chi connectivity index (χ4n) is 2.76. The maximum absolute atomic E-state index is 3.58. The van der Waals surface area contributed by atoms with Crippen molar-refractivity contribution in [2.75, 3.05) is 13.1 Å². The topological polar surface area (TPSA) is 15.3 Å². The summed E-state index contributed by atoms with van der Waals surface area (Å²) < 4.78 is 0. The average molecular weight is 226 g/mol. The van der Waals surface area contributed by atoms with Crippen molar-refractivity contribution in [1.82, 2.24) is 10.2 Å². The second-order valence-electron chi connectivity index (χ2n) is 6.92. The molecule has 2 nitrogen and oxygen atoms in total. The molecule has 1 saturated heterocycles. The maximum Gasteiger partial charge on any atom is 0.0156 e. The summed E-state index contributed by atoms with van der Waals surface area (Å²) in [5.41, 5.74) is 0.668. The second-order valence-corrected chi connectivity index (χ2v) is 6.92. The van der Waals surface area contributed by atoms with Crippen molar-refractivity contribution >= 4 is 0 Å². The minimum Gasteiger partial charge on any atom is -0.312 e. The predicted octanol–water partition coefficient (Wildman–Crippen LogP) is 3.03. The highest BCUT2D eigenvalue weighted by atomic mass is 15.2. The maximum atomic E-state index is 3.58. The van der Waals surface area contributed by atoms with Crippen LogP contribution in [-0.4, -0.2) is 35.1 Å². The van der Waals surface area contributed by atoms with Crippen LogP contribution in [0.2, 0.25) is 0 Å². The summed E-state index contributed by atoms with van der Waals surface area (Å²) in [7, 11) is 0. The number of nitrogens with one attached hydrogen (secondary N) is 1. The fraction of sp³-hybridized carbons (Fsp3) is 1.00. The Morgan fingerprint density at radius 2 is 1.94 bits per heavy atom. The summed E-state index contributed by atoms with van der Waals surface area (Å²) >= 11 is 0. The van der Waals surface area contributed by atoms with Crippen LogP contribution in [0.3, 0.4) is 0 Å². The zero-order chi connectivity index (χ0) is 12.4. The molecular formula is C14H30N2. The van der Waals surface area contributed by atoms with Gasteiger partial charge < -0.3 is 5.32 Å². The quantitative estimate of drug-likeness (QED) is 0.792. The summed E-state index contributed by atoms with van der Waals surface area (Å²) in [6.07, 6.45) is 3.97. The first-order valence-corrected chi connectivity index (χ1v) is 6.74. The van der Waals surface area contributed by atoms with Crippen molar-refractivity contribution in [3.05, 3.63) is 0 Å². The molecule has 1 N–H and O–H groups in total. The van der Waals surface area contributed by atoms with Crippen molar-refractivity contribution in [3.63, 3.8) is 0 Å². The zero-order valence-corrected chi connectivity index (χ0v) is 12.1. The van der Waals surface area contributed by atoms with Crippen LogP contribution in [0.4, 0.5) is 0 Å². The lowest BCUT2D eigenvalue weighted by molar-refractivity contribution is 0.118. The largest absolute Gasteiger partial charge is 0.312 e. The van der Waals surface area contributed by atoms with E-state index in [2.05, 4.69) is 51.8 Å². The van der Waals surface area contributed by atoms with Gasteiger partial charge in [-0.15, -0.1) is 0 Å². The van der Waals surface area contributed by atoms with Gasteiger partial charge in [-0.05, 0) is 73.9 Å². The molecule has 1 aliphatic rings. The molecule has 0 radical (unpaired) electrons. The minimum absolute atomic E-state index is 0.250. The summed E-state index contributed by atoms with van der Waals surface area (Å²) in [5, 5.41) is 3.58. The van der Waals surface area contributed by atoms with E-state index in [1.807, 2.05) is 0 Å². The van der Waals surface area contributed by atoms with Crippen LogP contribution < -0.4 is 5.32 Å². The molecule has 0 aliphatic carbocycles. The van der Waals surface area contributed by atoms with Gasteiger partial charge in [-0.25, -0.2) is 0 Å². The molecule has 1 atom stereocenters. The first-order valence-electron chi connectivity index (χ1n) is 6.74. The van der Waals surface area contributed by atoms with Crippen LogP contribution in [0.15, 0.2) is 0 Å². The molecule has 1 heterocycles. The molecule has 1 unspecified atom stereocenters. The van der Waals surface area contributed by atoms with Crippen molar-refractivity contribution in [1.29, 1.82) is 0 Å². The van der Waals surface area contributed by atoms with Crippen molar-refractivity contribution in [2.24, 2.45) is 0 Å². The summed E-state index contributed by atoms with van der Waals surface area (Å²) in [5.74, 6) is 0. The number of hydrogen-bond acceptors (Lipinski definition) is 2. The molecule has 0 aromatic heterocycles. The molecule has 0 saturated carbocycles. The third-order valence-corrected chi connectivity index (χ3v) is 3.71. The Bertz CT molecular complexity index is 215. The van der Waals surface area contributed by atoms with Gasteiger partial charge in [-0.1, -0.05) is 0 Å². The fourth-order valence-corrected chi connectivity index (χ4v) is 2.76. The number of hydrogen-bond donors (Lipinski definition) is 1. The van der Waals surface area contributed by atoms with Gasteiger partial charge in [0.1, 0.15) is 0 Å². The van der Waals surface area contributed by atoms with Gasteiger partial charge in [0.05, 0.1) is 0 Å². The van der Waals surface area contributed by atoms with Gasteiger partial charge in [-0.2, -0.15) is 0 Å². The Morgan fingerprint density at radius 3 is 2.38 bits per heavy atom. The van der Waals surface area contributed by atoms with Gasteiger partial charge in [0.15, 0.2) is 0 Å². The summed E-state index contributed by atoms with van der Waals surface area (Å²) in [6, 6.07) is 0.701. The molecule has 2 heteroatoms. The van der Waals surface area contributed by atoms with Gasteiger partial charge in [0, 0.05) is 17.1 Å². The monoisotopic (exact) mass is 226 g/mol. The number of rotatable bonds is 4. The van der Waals surface area contributed by atoms with Crippen LogP contribution in [0, 0.1) is 0 Å². The summed E-state index contributed by atoms with van der Waals surface area (Å²) in [6.45, 7) is 16.2.